The summed E-state index contributed by atoms with van der Waals surface area (Å²) in [7, 11) is 0. The van der Waals surface area contributed by atoms with E-state index in [2.05, 4.69) is 6.58 Å². The van der Waals surface area contributed by atoms with Crippen molar-refractivity contribution in [2.75, 3.05) is 6.61 Å². The molecule has 0 aromatic rings. The summed E-state index contributed by atoms with van der Waals surface area (Å²) in [4.78, 5) is 12.1. The van der Waals surface area contributed by atoms with Crippen LogP contribution in [0, 0.1) is 11.8 Å². The van der Waals surface area contributed by atoms with E-state index in [-0.39, 0.29) is 17.7 Å². The Morgan fingerprint density at radius 1 is 1.00 bits per heavy atom. The Hall–Kier alpha value is -0.830. The van der Waals surface area contributed by atoms with Crippen molar-refractivity contribution in [3.8, 4) is 0 Å². The zero-order valence-electron chi connectivity index (χ0n) is 13.0. The van der Waals surface area contributed by atoms with E-state index in [4.69, 9.17) is 9.47 Å². The fourth-order valence-electron chi connectivity index (χ4n) is 4.97. The molecule has 3 atom stereocenters. The summed E-state index contributed by atoms with van der Waals surface area (Å²) in [6, 6.07) is 0. The Bertz CT molecular complexity index is 370. The molecule has 1 aliphatic heterocycles. The quantitative estimate of drug-likeness (QED) is 0.582. The van der Waals surface area contributed by atoms with Crippen LogP contribution in [0.5, 0.6) is 0 Å². The minimum Gasteiger partial charge on any atom is -0.453 e. The lowest BCUT2D eigenvalue weighted by atomic mass is 9.65. The van der Waals surface area contributed by atoms with Crippen molar-refractivity contribution < 1.29 is 14.3 Å². The fourth-order valence-corrected chi connectivity index (χ4v) is 4.97. The van der Waals surface area contributed by atoms with Crippen LogP contribution in [-0.2, 0) is 14.3 Å². The van der Waals surface area contributed by atoms with E-state index >= 15 is 0 Å². The average Bonchev–Trinajstić information content (AvgIpc) is 2.62. The largest absolute Gasteiger partial charge is 0.453 e. The maximum Gasteiger partial charge on any atom is 0.330 e. The minimum atomic E-state index is -0.375. The Labute approximate surface area is 128 Å². The molecule has 2 aliphatic carbocycles. The van der Waals surface area contributed by atoms with Crippen LogP contribution in [0.1, 0.15) is 64.2 Å². The highest BCUT2D eigenvalue weighted by molar-refractivity contribution is 5.81. The van der Waals surface area contributed by atoms with Gasteiger partial charge in [0.15, 0.2) is 0 Å². The van der Waals surface area contributed by atoms with Crippen LogP contribution < -0.4 is 0 Å². The number of carbonyl (C=O) groups is 1. The lowest BCUT2D eigenvalue weighted by molar-refractivity contribution is -0.228. The van der Waals surface area contributed by atoms with Crippen molar-refractivity contribution in [1.82, 2.24) is 0 Å². The zero-order valence-corrected chi connectivity index (χ0v) is 13.0. The predicted molar refractivity (Wildman–Crippen MR) is 81.9 cm³/mol. The van der Waals surface area contributed by atoms with Gasteiger partial charge in [-0.3, -0.25) is 0 Å². The zero-order chi connectivity index (χ0) is 14.7. The van der Waals surface area contributed by atoms with E-state index in [1.165, 1.54) is 57.4 Å². The Morgan fingerprint density at radius 2 is 1.62 bits per heavy atom. The number of hydrogen-bond donors (Lipinski definition) is 0. The first-order chi connectivity index (χ1) is 10.3. The molecule has 0 spiro atoms. The molecule has 118 valence electrons. The number of hydrogen-bond acceptors (Lipinski definition) is 3. The lowest BCUT2D eigenvalue weighted by Gasteiger charge is -2.52. The van der Waals surface area contributed by atoms with Crippen LogP contribution in [0.15, 0.2) is 12.7 Å². The van der Waals surface area contributed by atoms with Crippen LogP contribution in [0.2, 0.25) is 0 Å². The Balaban J connectivity index is 1.95. The van der Waals surface area contributed by atoms with Crippen LogP contribution >= 0.6 is 0 Å². The minimum absolute atomic E-state index is 0.103. The average molecular weight is 292 g/mol. The van der Waals surface area contributed by atoms with Gasteiger partial charge in [0.2, 0.25) is 0 Å². The number of ether oxygens (including phenoxy) is 2. The van der Waals surface area contributed by atoms with E-state index in [9.17, 15) is 4.79 Å². The van der Waals surface area contributed by atoms with E-state index in [1.54, 1.807) is 0 Å². The molecule has 0 radical (unpaired) electrons. The van der Waals surface area contributed by atoms with Gasteiger partial charge in [-0.25, -0.2) is 4.79 Å². The molecule has 1 saturated heterocycles. The van der Waals surface area contributed by atoms with E-state index in [0.717, 1.165) is 19.4 Å². The molecule has 2 bridgehead atoms. The molecule has 3 nitrogen and oxygen atoms in total. The van der Waals surface area contributed by atoms with Gasteiger partial charge in [0, 0.05) is 24.5 Å². The summed E-state index contributed by atoms with van der Waals surface area (Å²) in [5.74, 6) is 0.692. The van der Waals surface area contributed by atoms with Crippen molar-refractivity contribution in [2.24, 2.45) is 11.8 Å². The van der Waals surface area contributed by atoms with Gasteiger partial charge >= 0.3 is 5.97 Å². The van der Waals surface area contributed by atoms with Crippen LogP contribution in [-0.4, -0.2) is 24.3 Å². The fraction of sp³-hybridized carbons (Fsp3) is 0.833. The monoisotopic (exact) mass is 292 g/mol. The first-order valence-electron chi connectivity index (χ1n) is 8.74. The summed E-state index contributed by atoms with van der Waals surface area (Å²) in [5, 5.41) is 0. The highest BCUT2D eigenvalue weighted by Crippen LogP contribution is 2.51. The molecule has 3 unspecified atom stereocenters. The van der Waals surface area contributed by atoms with Gasteiger partial charge in [-0.15, -0.1) is 0 Å². The summed E-state index contributed by atoms with van der Waals surface area (Å²) in [6.07, 6.45) is 13.3. The van der Waals surface area contributed by atoms with E-state index in [1.807, 2.05) is 0 Å². The van der Waals surface area contributed by atoms with Crippen molar-refractivity contribution in [1.29, 1.82) is 0 Å². The Kier molecular flexibility index (Phi) is 4.68. The van der Waals surface area contributed by atoms with Crippen LogP contribution in [0.3, 0.4) is 0 Å². The normalized spacial score (nSPS) is 37.5. The first-order valence-corrected chi connectivity index (χ1v) is 8.74. The van der Waals surface area contributed by atoms with Gasteiger partial charge < -0.3 is 9.47 Å². The molecule has 2 saturated carbocycles. The number of rotatable bonds is 3. The second-order valence-electron chi connectivity index (χ2n) is 6.94. The smallest absolute Gasteiger partial charge is 0.330 e. The molecule has 3 aliphatic rings. The first kappa shape index (κ1) is 15.1. The molecule has 0 aromatic heterocycles. The third-order valence-electron chi connectivity index (χ3n) is 5.88. The highest BCUT2D eigenvalue weighted by atomic mass is 16.6. The van der Waals surface area contributed by atoms with Gasteiger partial charge in [-0.2, -0.15) is 0 Å². The third-order valence-corrected chi connectivity index (χ3v) is 5.88. The number of carbonyl (C=O) groups excluding carboxylic acids is 1. The number of esters is 1. The molecule has 3 fully saturated rings. The van der Waals surface area contributed by atoms with Gasteiger partial charge in [0.05, 0.1) is 6.10 Å². The van der Waals surface area contributed by atoms with Gasteiger partial charge in [0.25, 0.3) is 0 Å². The predicted octanol–water partition coefficient (Wildman–Crippen LogP) is 4.01. The molecule has 3 heteroatoms. The third kappa shape index (κ3) is 2.77. The van der Waals surface area contributed by atoms with Crippen molar-refractivity contribution >= 4 is 5.97 Å². The lowest BCUT2D eigenvalue weighted by Crippen LogP contribution is -2.60. The molecule has 0 N–H and O–H groups in total. The summed E-state index contributed by atoms with van der Waals surface area (Å²) >= 11 is 0. The molecule has 0 amide bonds. The maximum absolute atomic E-state index is 12.1. The summed E-state index contributed by atoms with van der Waals surface area (Å²) < 4.78 is 12.3. The van der Waals surface area contributed by atoms with Crippen molar-refractivity contribution in [3.05, 3.63) is 12.7 Å². The summed E-state index contributed by atoms with van der Waals surface area (Å²) in [5.41, 5.74) is -0.375. The standard InChI is InChI=1S/C18H28O3/c1-2-17(19)21-18(14-8-4-3-5-9-14)15-10-6-7-11-16(18)20-13-12-15/h2,14-16H,1,3-13H2. The van der Waals surface area contributed by atoms with E-state index < -0.39 is 0 Å². The maximum atomic E-state index is 12.1. The van der Waals surface area contributed by atoms with Crippen LogP contribution in [0.25, 0.3) is 0 Å². The van der Waals surface area contributed by atoms with Crippen LogP contribution in [0.4, 0.5) is 0 Å². The van der Waals surface area contributed by atoms with Gasteiger partial charge in [-0.05, 0) is 32.1 Å². The SMILES string of the molecule is C=CC(=O)OC1(C2CCCCC2)C2CCCCC1OCC2. The molecular formula is C18H28O3. The molecule has 21 heavy (non-hydrogen) atoms. The van der Waals surface area contributed by atoms with E-state index in [0.29, 0.717) is 11.8 Å². The van der Waals surface area contributed by atoms with Gasteiger partial charge in [-0.1, -0.05) is 38.7 Å². The van der Waals surface area contributed by atoms with Crippen molar-refractivity contribution in [3.63, 3.8) is 0 Å². The summed E-state index contributed by atoms with van der Waals surface area (Å²) in [6.45, 7) is 4.43. The Morgan fingerprint density at radius 3 is 2.33 bits per heavy atom. The molecule has 0 aromatic carbocycles. The van der Waals surface area contributed by atoms with Crippen molar-refractivity contribution in [2.45, 2.75) is 75.9 Å². The topological polar surface area (TPSA) is 35.5 Å². The van der Waals surface area contributed by atoms with Gasteiger partial charge in [0.1, 0.15) is 5.60 Å². The molecule has 3 rings (SSSR count). The molecule has 1 heterocycles. The number of fused-ring (bicyclic) bond motifs is 2. The second-order valence-corrected chi connectivity index (χ2v) is 6.94. The molecular weight excluding hydrogens is 264 g/mol. The second kappa shape index (κ2) is 6.51. The highest BCUT2D eigenvalue weighted by Gasteiger charge is 2.56.